The molecule has 6 heteroatoms. The number of carboxylic acid groups (broad SMARTS) is 1. The van der Waals surface area contributed by atoms with Crippen molar-refractivity contribution in [3.05, 3.63) is 0 Å². The maximum atomic E-state index is 12.2. The van der Waals surface area contributed by atoms with E-state index in [9.17, 15) is 14.7 Å². The van der Waals surface area contributed by atoms with Crippen LogP contribution in [-0.2, 0) is 4.79 Å². The van der Waals surface area contributed by atoms with Crippen molar-refractivity contribution in [2.24, 2.45) is 11.8 Å². The lowest BCUT2D eigenvalue weighted by atomic mass is 9.80. The summed E-state index contributed by atoms with van der Waals surface area (Å²) in [7, 11) is 0. The molecule has 3 N–H and O–H groups in total. The first-order valence-electron chi connectivity index (χ1n) is 7.34. The number of amides is 2. The minimum absolute atomic E-state index is 0.0978. The maximum Gasteiger partial charge on any atom is 0.326 e. The highest BCUT2D eigenvalue weighted by atomic mass is 16.4. The van der Waals surface area contributed by atoms with Gasteiger partial charge in [-0.1, -0.05) is 13.8 Å². The van der Waals surface area contributed by atoms with Crippen LogP contribution in [0.2, 0.25) is 0 Å². The molecule has 0 radical (unpaired) electrons. The van der Waals surface area contributed by atoms with Crippen LogP contribution in [-0.4, -0.2) is 51.8 Å². The van der Waals surface area contributed by atoms with Crippen LogP contribution in [0, 0.1) is 11.8 Å². The number of urea groups is 1. The van der Waals surface area contributed by atoms with E-state index in [2.05, 4.69) is 19.2 Å². The average Bonchev–Trinajstić information content (AvgIpc) is 2.70. The van der Waals surface area contributed by atoms with E-state index < -0.39 is 18.1 Å². The number of nitrogens with zero attached hydrogens (tertiary/aromatic N) is 1. The molecule has 1 saturated heterocycles. The van der Waals surface area contributed by atoms with Gasteiger partial charge in [0.05, 0.1) is 6.10 Å². The molecule has 1 aliphatic heterocycles. The molecule has 4 atom stereocenters. The minimum Gasteiger partial charge on any atom is -0.480 e. The highest BCUT2D eigenvalue weighted by Gasteiger charge is 2.39. The van der Waals surface area contributed by atoms with Gasteiger partial charge in [-0.3, -0.25) is 0 Å². The molecule has 2 amide bonds. The third-order valence-electron chi connectivity index (χ3n) is 4.33. The number of nitrogens with one attached hydrogen (secondary N) is 1. The summed E-state index contributed by atoms with van der Waals surface area (Å²) in [6.07, 6.45) is 2.41. The van der Waals surface area contributed by atoms with E-state index in [-0.39, 0.29) is 25.0 Å². The fourth-order valence-electron chi connectivity index (χ4n) is 3.59. The van der Waals surface area contributed by atoms with Crippen molar-refractivity contribution in [2.75, 3.05) is 6.54 Å². The molecule has 0 aromatic rings. The van der Waals surface area contributed by atoms with Gasteiger partial charge in [-0.15, -0.1) is 0 Å². The fourth-order valence-corrected chi connectivity index (χ4v) is 3.59. The summed E-state index contributed by atoms with van der Waals surface area (Å²) in [5.41, 5.74) is 0. The van der Waals surface area contributed by atoms with Crippen LogP contribution in [0.5, 0.6) is 0 Å². The number of carboxylic acids is 1. The van der Waals surface area contributed by atoms with Crippen LogP contribution in [0.25, 0.3) is 0 Å². The lowest BCUT2D eigenvalue weighted by Gasteiger charge is -2.33. The fraction of sp³-hybridized carbons (Fsp3) is 0.857. The lowest BCUT2D eigenvalue weighted by Crippen LogP contribution is -2.50. The van der Waals surface area contributed by atoms with Crippen molar-refractivity contribution in [2.45, 2.75) is 57.7 Å². The van der Waals surface area contributed by atoms with E-state index in [4.69, 9.17) is 5.11 Å². The summed E-state index contributed by atoms with van der Waals surface area (Å²) in [6, 6.07) is -1.17. The Kier molecular flexibility index (Phi) is 4.52. The number of carbonyl (C=O) groups is 2. The summed E-state index contributed by atoms with van der Waals surface area (Å²) in [5, 5.41) is 21.6. The quantitative estimate of drug-likeness (QED) is 0.707. The van der Waals surface area contributed by atoms with Gasteiger partial charge in [-0.05, 0) is 31.1 Å². The molecule has 0 bridgehead atoms. The first kappa shape index (κ1) is 15.1. The van der Waals surface area contributed by atoms with Crippen molar-refractivity contribution in [3.8, 4) is 0 Å². The Morgan fingerprint density at radius 2 is 1.70 bits per heavy atom. The Morgan fingerprint density at radius 1 is 1.10 bits per heavy atom. The molecule has 2 aliphatic rings. The third kappa shape index (κ3) is 3.42. The Labute approximate surface area is 119 Å². The second-order valence-electron chi connectivity index (χ2n) is 6.46. The Morgan fingerprint density at radius 3 is 2.25 bits per heavy atom. The molecule has 20 heavy (non-hydrogen) atoms. The van der Waals surface area contributed by atoms with Gasteiger partial charge >= 0.3 is 12.0 Å². The number of rotatable bonds is 2. The first-order valence-corrected chi connectivity index (χ1v) is 7.34. The Bertz CT molecular complexity index is 377. The molecule has 0 spiro atoms. The highest BCUT2D eigenvalue weighted by molar-refractivity contribution is 5.83. The molecule has 2 unspecified atom stereocenters. The summed E-state index contributed by atoms with van der Waals surface area (Å²) in [5.74, 6) is 0.0917. The van der Waals surface area contributed by atoms with Gasteiger partial charge in [0.2, 0.25) is 0 Å². The summed E-state index contributed by atoms with van der Waals surface area (Å²) in [4.78, 5) is 24.6. The van der Waals surface area contributed by atoms with E-state index in [1.807, 2.05) is 0 Å². The normalized spacial score (nSPS) is 37.8. The number of β-amino-alcohol motifs (C(OH)–C–C–N with tert-alkyl or cyclic N) is 1. The predicted octanol–water partition coefficient (Wildman–Crippen LogP) is 1.04. The second kappa shape index (κ2) is 5.99. The average molecular weight is 284 g/mol. The van der Waals surface area contributed by atoms with E-state index in [1.165, 1.54) is 11.3 Å². The number of aliphatic hydroxyl groups is 1. The standard InChI is InChI=1S/C14H24N2O4/c1-8-3-9(2)5-10(4-8)15-14(20)16-7-11(17)6-12(16)13(18)19/h8-12,17H,3-7H2,1-2H3,(H,15,20)(H,18,19)/t8?,9?,10?,11-,12-/m0/s1. The van der Waals surface area contributed by atoms with Gasteiger partial charge in [0.15, 0.2) is 0 Å². The van der Waals surface area contributed by atoms with Crippen LogP contribution in [0.15, 0.2) is 0 Å². The van der Waals surface area contributed by atoms with Crippen molar-refractivity contribution in [1.82, 2.24) is 10.2 Å². The number of carbonyl (C=O) groups excluding carboxylic acids is 1. The van der Waals surface area contributed by atoms with Crippen LogP contribution in [0.1, 0.15) is 39.5 Å². The van der Waals surface area contributed by atoms with E-state index in [0.29, 0.717) is 11.8 Å². The molecule has 0 aromatic heterocycles. The van der Waals surface area contributed by atoms with Crippen molar-refractivity contribution in [1.29, 1.82) is 0 Å². The number of hydrogen-bond acceptors (Lipinski definition) is 3. The van der Waals surface area contributed by atoms with Crippen molar-refractivity contribution < 1.29 is 19.8 Å². The number of aliphatic carboxylic acids is 1. The SMILES string of the molecule is CC1CC(C)CC(NC(=O)N2C[C@@H](O)C[C@H]2C(=O)O)C1. The summed E-state index contributed by atoms with van der Waals surface area (Å²) < 4.78 is 0. The zero-order chi connectivity index (χ0) is 14.9. The predicted molar refractivity (Wildman–Crippen MR) is 73.3 cm³/mol. The van der Waals surface area contributed by atoms with Crippen LogP contribution >= 0.6 is 0 Å². The van der Waals surface area contributed by atoms with Gasteiger partial charge in [0.1, 0.15) is 6.04 Å². The molecule has 2 rings (SSSR count). The van der Waals surface area contributed by atoms with Crippen LogP contribution in [0.3, 0.4) is 0 Å². The van der Waals surface area contributed by atoms with Gasteiger partial charge in [0, 0.05) is 19.0 Å². The molecule has 0 aromatic carbocycles. The topological polar surface area (TPSA) is 89.9 Å². The van der Waals surface area contributed by atoms with Crippen LogP contribution in [0.4, 0.5) is 4.79 Å². The minimum atomic E-state index is -1.05. The van der Waals surface area contributed by atoms with Crippen molar-refractivity contribution >= 4 is 12.0 Å². The third-order valence-corrected chi connectivity index (χ3v) is 4.33. The Hall–Kier alpha value is -1.30. The molecular weight excluding hydrogens is 260 g/mol. The van der Waals surface area contributed by atoms with Gasteiger partial charge in [-0.25, -0.2) is 9.59 Å². The number of likely N-dealkylation sites (tertiary alicyclic amines) is 1. The Balaban J connectivity index is 1.95. The van der Waals surface area contributed by atoms with Gasteiger partial charge in [0.25, 0.3) is 0 Å². The zero-order valence-electron chi connectivity index (χ0n) is 12.1. The molecule has 1 saturated carbocycles. The second-order valence-corrected chi connectivity index (χ2v) is 6.46. The van der Waals surface area contributed by atoms with E-state index >= 15 is 0 Å². The van der Waals surface area contributed by atoms with E-state index in [1.54, 1.807) is 0 Å². The van der Waals surface area contributed by atoms with E-state index in [0.717, 1.165) is 12.8 Å². The first-order chi connectivity index (χ1) is 9.36. The monoisotopic (exact) mass is 284 g/mol. The molecule has 114 valence electrons. The molecule has 2 fully saturated rings. The highest BCUT2D eigenvalue weighted by Crippen LogP contribution is 2.29. The maximum absolute atomic E-state index is 12.2. The summed E-state index contributed by atoms with van der Waals surface area (Å²) in [6.45, 7) is 4.45. The smallest absolute Gasteiger partial charge is 0.326 e. The molecule has 1 heterocycles. The zero-order valence-corrected chi connectivity index (χ0v) is 12.1. The van der Waals surface area contributed by atoms with Crippen molar-refractivity contribution in [3.63, 3.8) is 0 Å². The number of hydrogen-bond donors (Lipinski definition) is 3. The largest absolute Gasteiger partial charge is 0.480 e. The van der Waals surface area contributed by atoms with Gasteiger partial charge < -0.3 is 20.4 Å². The lowest BCUT2D eigenvalue weighted by molar-refractivity contribution is -0.141. The molecule has 1 aliphatic carbocycles. The van der Waals surface area contributed by atoms with Crippen LogP contribution < -0.4 is 5.32 Å². The molecular formula is C14H24N2O4. The summed E-state index contributed by atoms with van der Waals surface area (Å²) >= 11 is 0. The van der Waals surface area contributed by atoms with Gasteiger partial charge in [-0.2, -0.15) is 0 Å². The number of aliphatic hydroxyl groups excluding tert-OH is 1. The molecule has 6 nitrogen and oxygen atoms in total.